The number of carbonyl (C=O) groups is 1. The molecule has 3 atom stereocenters. The number of unbranched alkanes of at least 4 members (excludes halogenated alkanes) is 1. The lowest BCUT2D eigenvalue weighted by Crippen LogP contribution is -2.28. The van der Waals surface area contributed by atoms with Crippen molar-refractivity contribution in [3.63, 3.8) is 0 Å². The number of rotatable bonds is 9. The van der Waals surface area contributed by atoms with Crippen LogP contribution in [0.4, 0.5) is 0 Å². The summed E-state index contributed by atoms with van der Waals surface area (Å²) >= 11 is 0. The maximum Gasteiger partial charge on any atom is 0.307 e. The second kappa shape index (κ2) is 7.93. The lowest BCUT2D eigenvalue weighted by atomic mass is 10.1. The Morgan fingerprint density at radius 1 is 1.39 bits per heavy atom. The molecule has 0 radical (unpaired) electrons. The molecular formula is C12H26NO4P. The van der Waals surface area contributed by atoms with Crippen LogP contribution in [0.3, 0.4) is 0 Å². The van der Waals surface area contributed by atoms with Crippen LogP contribution in [0.15, 0.2) is 0 Å². The van der Waals surface area contributed by atoms with E-state index in [0.29, 0.717) is 12.8 Å². The molecule has 0 aliphatic heterocycles. The molecule has 4 N–H and O–H groups in total. The van der Waals surface area contributed by atoms with Crippen LogP contribution in [0.2, 0.25) is 0 Å². The normalized spacial score (nSPS) is 18.3. The Balaban J connectivity index is 4.58. The molecule has 0 aliphatic rings. The monoisotopic (exact) mass is 279 g/mol. The van der Waals surface area contributed by atoms with Crippen molar-refractivity contribution in [1.29, 1.82) is 0 Å². The third-order valence-electron chi connectivity index (χ3n) is 2.97. The fourth-order valence-electron chi connectivity index (χ4n) is 1.84. The third kappa shape index (κ3) is 6.53. The van der Waals surface area contributed by atoms with Gasteiger partial charge in [-0.3, -0.25) is 9.36 Å². The first kappa shape index (κ1) is 17.6. The highest BCUT2D eigenvalue weighted by molar-refractivity contribution is 7.58. The highest BCUT2D eigenvalue weighted by Gasteiger charge is 2.33. The minimum Gasteiger partial charge on any atom is -0.481 e. The Bertz CT molecular complexity index is 306. The zero-order valence-corrected chi connectivity index (χ0v) is 12.4. The zero-order valence-electron chi connectivity index (χ0n) is 11.5. The van der Waals surface area contributed by atoms with Crippen LogP contribution >= 0.6 is 7.37 Å². The average Bonchev–Trinajstić information content (AvgIpc) is 2.22. The highest BCUT2D eigenvalue weighted by atomic mass is 31.2. The van der Waals surface area contributed by atoms with Crippen LogP contribution in [0, 0.1) is 11.8 Å². The predicted octanol–water partition coefficient (Wildman–Crippen LogP) is 2.48. The number of carboxylic acids is 1. The molecule has 0 rings (SSSR count). The van der Waals surface area contributed by atoms with Gasteiger partial charge in [-0.1, -0.05) is 33.6 Å². The van der Waals surface area contributed by atoms with Crippen molar-refractivity contribution in [3.8, 4) is 0 Å². The molecule has 5 nitrogen and oxygen atoms in total. The van der Waals surface area contributed by atoms with E-state index in [4.69, 9.17) is 10.8 Å². The second-order valence-electron chi connectivity index (χ2n) is 5.31. The molecule has 0 amide bonds. The maximum atomic E-state index is 12.1. The molecule has 0 aromatic rings. The molecule has 0 spiro atoms. The minimum absolute atomic E-state index is 0.212. The Morgan fingerprint density at radius 3 is 2.33 bits per heavy atom. The van der Waals surface area contributed by atoms with E-state index in [9.17, 15) is 14.3 Å². The van der Waals surface area contributed by atoms with Gasteiger partial charge in [0, 0.05) is 6.16 Å². The highest BCUT2D eigenvalue weighted by Crippen LogP contribution is 2.48. The minimum atomic E-state index is -3.59. The van der Waals surface area contributed by atoms with Crippen molar-refractivity contribution in [1.82, 2.24) is 0 Å². The van der Waals surface area contributed by atoms with Gasteiger partial charge in [-0.2, -0.15) is 0 Å². The zero-order chi connectivity index (χ0) is 14.3. The van der Waals surface area contributed by atoms with Gasteiger partial charge in [-0.25, -0.2) is 0 Å². The summed E-state index contributed by atoms with van der Waals surface area (Å²) in [5, 5.41) is 9.05. The van der Waals surface area contributed by atoms with E-state index < -0.39 is 25.0 Å². The van der Waals surface area contributed by atoms with Gasteiger partial charge in [0.2, 0.25) is 7.37 Å². The Kier molecular flexibility index (Phi) is 7.76. The molecule has 0 aliphatic carbocycles. The summed E-state index contributed by atoms with van der Waals surface area (Å²) in [7, 11) is -3.59. The summed E-state index contributed by atoms with van der Waals surface area (Å²) in [5.74, 6) is -2.37. The van der Waals surface area contributed by atoms with Crippen molar-refractivity contribution in [2.45, 2.75) is 52.2 Å². The van der Waals surface area contributed by atoms with Gasteiger partial charge in [0.25, 0.3) is 0 Å². The molecule has 0 saturated carbocycles. The summed E-state index contributed by atoms with van der Waals surface area (Å²) in [4.78, 5) is 21.0. The van der Waals surface area contributed by atoms with Crippen LogP contribution in [0.1, 0.15) is 46.5 Å². The molecule has 0 aromatic carbocycles. The van der Waals surface area contributed by atoms with E-state index in [0.717, 1.165) is 12.8 Å². The molecule has 0 bridgehead atoms. The number of aliphatic carboxylic acids is 1. The van der Waals surface area contributed by atoms with Gasteiger partial charge in [0.15, 0.2) is 0 Å². The Hall–Kier alpha value is -0.380. The van der Waals surface area contributed by atoms with Crippen LogP contribution in [0.25, 0.3) is 0 Å². The SMILES string of the molecule is CCCCC(CP(=O)(O)C(N)CC(C)C)C(=O)O. The van der Waals surface area contributed by atoms with E-state index in [2.05, 4.69) is 0 Å². The van der Waals surface area contributed by atoms with Crippen LogP contribution in [-0.2, 0) is 9.36 Å². The molecule has 108 valence electrons. The van der Waals surface area contributed by atoms with Crippen molar-refractivity contribution in [2.75, 3.05) is 6.16 Å². The van der Waals surface area contributed by atoms with Crippen LogP contribution in [-0.4, -0.2) is 27.9 Å². The van der Waals surface area contributed by atoms with Gasteiger partial charge >= 0.3 is 5.97 Å². The number of nitrogens with two attached hydrogens (primary N) is 1. The molecular weight excluding hydrogens is 253 g/mol. The van der Waals surface area contributed by atoms with Gasteiger partial charge in [0.1, 0.15) is 0 Å². The summed E-state index contributed by atoms with van der Waals surface area (Å²) < 4.78 is 12.1. The lowest BCUT2D eigenvalue weighted by Gasteiger charge is -2.23. The molecule has 0 heterocycles. The first-order valence-corrected chi connectivity index (χ1v) is 8.42. The van der Waals surface area contributed by atoms with Gasteiger partial charge in [-0.05, 0) is 18.8 Å². The van der Waals surface area contributed by atoms with E-state index in [-0.39, 0.29) is 12.1 Å². The van der Waals surface area contributed by atoms with Crippen molar-refractivity contribution in [3.05, 3.63) is 0 Å². The number of carboxylic acid groups (broad SMARTS) is 1. The summed E-state index contributed by atoms with van der Waals surface area (Å²) in [6, 6.07) is 0. The second-order valence-corrected chi connectivity index (χ2v) is 7.85. The number of hydrogen-bond donors (Lipinski definition) is 3. The standard InChI is InChI=1S/C12H26NO4P/c1-4-5-6-10(12(14)15)8-18(16,17)11(13)7-9(2)3/h9-11H,4-8,13H2,1-3H3,(H,14,15)(H,16,17). The van der Waals surface area contributed by atoms with Crippen molar-refractivity contribution < 1.29 is 19.4 Å². The third-order valence-corrected chi connectivity index (χ3v) is 5.18. The van der Waals surface area contributed by atoms with Gasteiger partial charge in [0.05, 0.1) is 11.7 Å². The lowest BCUT2D eigenvalue weighted by molar-refractivity contribution is -0.141. The predicted molar refractivity (Wildman–Crippen MR) is 72.8 cm³/mol. The van der Waals surface area contributed by atoms with Crippen molar-refractivity contribution >= 4 is 13.3 Å². The van der Waals surface area contributed by atoms with E-state index >= 15 is 0 Å². The fraction of sp³-hybridized carbons (Fsp3) is 0.917. The maximum absolute atomic E-state index is 12.1. The molecule has 6 heteroatoms. The van der Waals surface area contributed by atoms with E-state index in [1.54, 1.807) is 0 Å². The molecule has 3 unspecified atom stereocenters. The summed E-state index contributed by atoms with van der Waals surface area (Å²) in [6.07, 6.45) is 2.28. The van der Waals surface area contributed by atoms with Crippen molar-refractivity contribution in [2.24, 2.45) is 17.6 Å². The van der Waals surface area contributed by atoms with E-state index in [1.165, 1.54) is 0 Å². The smallest absolute Gasteiger partial charge is 0.307 e. The van der Waals surface area contributed by atoms with Crippen LogP contribution < -0.4 is 5.73 Å². The topological polar surface area (TPSA) is 101 Å². The molecule has 0 aromatic heterocycles. The molecule has 0 fully saturated rings. The van der Waals surface area contributed by atoms with Gasteiger partial charge < -0.3 is 15.7 Å². The van der Waals surface area contributed by atoms with E-state index in [1.807, 2.05) is 20.8 Å². The quantitative estimate of drug-likeness (QED) is 0.563. The molecule has 0 saturated heterocycles. The molecule has 18 heavy (non-hydrogen) atoms. The Labute approximate surface area is 109 Å². The first-order chi connectivity index (χ1) is 8.20. The largest absolute Gasteiger partial charge is 0.481 e. The summed E-state index contributed by atoms with van der Waals surface area (Å²) in [6.45, 7) is 5.80. The van der Waals surface area contributed by atoms with Gasteiger partial charge in [-0.15, -0.1) is 0 Å². The first-order valence-electron chi connectivity index (χ1n) is 6.50. The van der Waals surface area contributed by atoms with Crippen LogP contribution in [0.5, 0.6) is 0 Å². The number of hydrogen-bond acceptors (Lipinski definition) is 3. The fourth-order valence-corrected chi connectivity index (χ4v) is 3.83. The Morgan fingerprint density at radius 2 is 1.94 bits per heavy atom. The summed E-state index contributed by atoms with van der Waals surface area (Å²) in [5.41, 5.74) is 5.72. The average molecular weight is 279 g/mol.